The topological polar surface area (TPSA) is 60.5 Å². The van der Waals surface area contributed by atoms with Crippen molar-refractivity contribution in [2.45, 2.75) is 33.6 Å². The van der Waals surface area contributed by atoms with Gasteiger partial charge in [0.2, 0.25) is 0 Å². The molecule has 1 heterocycles. The number of ether oxygens (including phenoxy) is 2. The first-order chi connectivity index (χ1) is 13.5. The molecular weight excluding hydrogens is 352 g/mol. The Balaban J connectivity index is 1.80. The number of benzene rings is 2. The Morgan fingerprint density at radius 1 is 1.07 bits per heavy atom. The van der Waals surface area contributed by atoms with Crippen molar-refractivity contribution in [1.82, 2.24) is 4.98 Å². The molecule has 0 aliphatic rings. The van der Waals surface area contributed by atoms with Gasteiger partial charge in [0.15, 0.2) is 6.61 Å². The standard InChI is InChI=1S/C23H26N2O3/c1-5-16-8-7-9-17(6-2)23(16)25-22(26)14-28-21-12-15(3)24-20-11-10-18(27-4)13-19(20)21/h7-13H,5-6,14H2,1-4H3,(H,25,26). The van der Waals surface area contributed by atoms with Gasteiger partial charge in [-0.1, -0.05) is 32.0 Å². The first-order valence-corrected chi connectivity index (χ1v) is 9.54. The van der Waals surface area contributed by atoms with Gasteiger partial charge in [0.1, 0.15) is 11.5 Å². The molecule has 0 radical (unpaired) electrons. The van der Waals surface area contributed by atoms with Gasteiger partial charge in [0, 0.05) is 22.8 Å². The zero-order valence-corrected chi connectivity index (χ0v) is 16.8. The number of carbonyl (C=O) groups excluding carboxylic acids is 1. The molecule has 0 bridgehead atoms. The largest absolute Gasteiger partial charge is 0.497 e. The number of amides is 1. The highest BCUT2D eigenvalue weighted by Gasteiger charge is 2.12. The van der Waals surface area contributed by atoms with Crippen molar-refractivity contribution in [2.75, 3.05) is 19.0 Å². The van der Waals surface area contributed by atoms with Crippen LogP contribution in [0.3, 0.4) is 0 Å². The number of methoxy groups -OCH3 is 1. The summed E-state index contributed by atoms with van der Waals surface area (Å²) in [7, 11) is 1.62. The SMILES string of the molecule is CCc1cccc(CC)c1NC(=O)COc1cc(C)nc2ccc(OC)cc12. The second-order valence-electron chi connectivity index (χ2n) is 6.64. The molecule has 5 nitrogen and oxygen atoms in total. The molecule has 0 atom stereocenters. The van der Waals surface area contributed by atoms with Crippen LogP contribution in [-0.4, -0.2) is 24.6 Å². The van der Waals surface area contributed by atoms with E-state index >= 15 is 0 Å². The van der Waals surface area contributed by atoms with Crippen LogP contribution in [-0.2, 0) is 17.6 Å². The number of rotatable bonds is 7. The fraction of sp³-hybridized carbons (Fsp3) is 0.304. The van der Waals surface area contributed by atoms with Crippen molar-refractivity contribution in [3.05, 3.63) is 59.3 Å². The Hall–Kier alpha value is -3.08. The van der Waals surface area contributed by atoms with E-state index in [1.165, 1.54) is 0 Å². The molecule has 0 fully saturated rings. The maximum atomic E-state index is 12.6. The van der Waals surface area contributed by atoms with E-state index in [9.17, 15) is 4.79 Å². The summed E-state index contributed by atoms with van der Waals surface area (Å²) in [5.41, 5.74) is 4.79. The molecule has 0 spiro atoms. The first kappa shape index (κ1) is 19.7. The second-order valence-corrected chi connectivity index (χ2v) is 6.64. The number of hydrogen-bond donors (Lipinski definition) is 1. The third-order valence-corrected chi connectivity index (χ3v) is 4.73. The van der Waals surface area contributed by atoms with Gasteiger partial charge in [0.05, 0.1) is 12.6 Å². The fourth-order valence-corrected chi connectivity index (χ4v) is 3.27. The van der Waals surface area contributed by atoms with Crippen LogP contribution in [0.25, 0.3) is 10.9 Å². The Morgan fingerprint density at radius 3 is 2.43 bits per heavy atom. The van der Waals surface area contributed by atoms with Crippen LogP contribution in [0.4, 0.5) is 5.69 Å². The van der Waals surface area contributed by atoms with Gasteiger partial charge >= 0.3 is 0 Å². The molecule has 2 aromatic carbocycles. The number of pyridine rings is 1. The van der Waals surface area contributed by atoms with E-state index in [0.717, 1.165) is 52.0 Å². The first-order valence-electron chi connectivity index (χ1n) is 9.54. The normalized spacial score (nSPS) is 10.7. The number of fused-ring (bicyclic) bond motifs is 1. The molecule has 146 valence electrons. The molecule has 0 saturated heterocycles. The van der Waals surface area contributed by atoms with E-state index in [4.69, 9.17) is 9.47 Å². The molecule has 0 aliphatic carbocycles. The van der Waals surface area contributed by atoms with Crippen LogP contribution in [0.5, 0.6) is 11.5 Å². The van der Waals surface area contributed by atoms with Crippen molar-refractivity contribution in [3.8, 4) is 11.5 Å². The third kappa shape index (κ3) is 4.25. The van der Waals surface area contributed by atoms with Gasteiger partial charge in [-0.25, -0.2) is 0 Å². The highest BCUT2D eigenvalue weighted by Crippen LogP contribution is 2.29. The van der Waals surface area contributed by atoms with Crippen molar-refractivity contribution >= 4 is 22.5 Å². The minimum Gasteiger partial charge on any atom is -0.497 e. The van der Waals surface area contributed by atoms with Crippen LogP contribution in [0.1, 0.15) is 30.7 Å². The van der Waals surface area contributed by atoms with E-state index in [2.05, 4.69) is 24.1 Å². The van der Waals surface area contributed by atoms with E-state index in [1.807, 2.05) is 49.4 Å². The average Bonchev–Trinajstić information content (AvgIpc) is 2.71. The number of nitrogens with one attached hydrogen (secondary N) is 1. The number of para-hydroxylation sites is 1. The van der Waals surface area contributed by atoms with E-state index in [0.29, 0.717) is 5.75 Å². The van der Waals surface area contributed by atoms with Gasteiger partial charge < -0.3 is 14.8 Å². The van der Waals surface area contributed by atoms with Gasteiger partial charge in [-0.2, -0.15) is 0 Å². The Morgan fingerprint density at radius 2 is 1.79 bits per heavy atom. The molecule has 28 heavy (non-hydrogen) atoms. The number of carbonyl (C=O) groups is 1. The molecule has 0 saturated carbocycles. The van der Waals surface area contributed by atoms with Crippen LogP contribution < -0.4 is 14.8 Å². The van der Waals surface area contributed by atoms with Crippen LogP contribution in [0.2, 0.25) is 0 Å². The van der Waals surface area contributed by atoms with Crippen LogP contribution in [0.15, 0.2) is 42.5 Å². The summed E-state index contributed by atoms with van der Waals surface area (Å²) in [6.07, 6.45) is 1.72. The molecule has 1 amide bonds. The number of aromatic nitrogens is 1. The van der Waals surface area contributed by atoms with Gasteiger partial charge in [-0.15, -0.1) is 0 Å². The lowest BCUT2D eigenvalue weighted by Crippen LogP contribution is -2.22. The summed E-state index contributed by atoms with van der Waals surface area (Å²) >= 11 is 0. The highest BCUT2D eigenvalue weighted by atomic mass is 16.5. The molecule has 1 aromatic heterocycles. The lowest BCUT2D eigenvalue weighted by atomic mass is 10.0. The zero-order valence-electron chi connectivity index (χ0n) is 16.8. The monoisotopic (exact) mass is 378 g/mol. The Kier molecular flexibility index (Phi) is 6.14. The molecule has 0 aliphatic heterocycles. The predicted octanol–water partition coefficient (Wildman–Crippen LogP) is 4.69. The lowest BCUT2D eigenvalue weighted by molar-refractivity contribution is -0.118. The average molecular weight is 378 g/mol. The van der Waals surface area contributed by atoms with E-state index < -0.39 is 0 Å². The van der Waals surface area contributed by atoms with Crippen molar-refractivity contribution in [2.24, 2.45) is 0 Å². The minimum absolute atomic E-state index is 0.0725. The quantitative estimate of drug-likeness (QED) is 0.648. The molecular formula is C23H26N2O3. The molecule has 3 rings (SSSR count). The predicted molar refractivity (Wildman–Crippen MR) is 112 cm³/mol. The maximum absolute atomic E-state index is 12.6. The number of hydrogen-bond acceptors (Lipinski definition) is 4. The van der Waals surface area contributed by atoms with Gasteiger partial charge in [-0.3, -0.25) is 9.78 Å². The second kappa shape index (κ2) is 8.74. The van der Waals surface area contributed by atoms with Crippen molar-refractivity contribution in [3.63, 3.8) is 0 Å². The number of aryl methyl sites for hydroxylation is 3. The summed E-state index contributed by atoms with van der Waals surface area (Å²) < 4.78 is 11.2. The summed E-state index contributed by atoms with van der Waals surface area (Å²) in [5.74, 6) is 1.16. The molecule has 0 unspecified atom stereocenters. The smallest absolute Gasteiger partial charge is 0.262 e. The summed E-state index contributed by atoms with van der Waals surface area (Å²) in [6.45, 7) is 6.00. The van der Waals surface area contributed by atoms with Crippen LogP contribution >= 0.6 is 0 Å². The van der Waals surface area contributed by atoms with Crippen LogP contribution in [0, 0.1) is 6.92 Å². The minimum atomic E-state index is -0.180. The van der Waals surface area contributed by atoms with Crippen molar-refractivity contribution in [1.29, 1.82) is 0 Å². The van der Waals surface area contributed by atoms with E-state index in [1.54, 1.807) is 7.11 Å². The van der Waals surface area contributed by atoms with E-state index in [-0.39, 0.29) is 12.5 Å². The number of anilines is 1. The lowest BCUT2D eigenvalue weighted by Gasteiger charge is -2.15. The third-order valence-electron chi connectivity index (χ3n) is 4.73. The zero-order chi connectivity index (χ0) is 20.1. The highest BCUT2D eigenvalue weighted by molar-refractivity contribution is 5.94. The molecule has 3 aromatic rings. The number of nitrogens with zero attached hydrogens (tertiary/aromatic N) is 1. The van der Waals surface area contributed by atoms with Crippen molar-refractivity contribution < 1.29 is 14.3 Å². The summed E-state index contributed by atoms with van der Waals surface area (Å²) in [6, 6.07) is 13.6. The maximum Gasteiger partial charge on any atom is 0.262 e. The van der Waals surface area contributed by atoms with Gasteiger partial charge in [0.25, 0.3) is 5.91 Å². The summed E-state index contributed by atoms with van der Waals surface area (Å²) in [4.78, 5) is 17.1. The Labute approximate surface area is 165 Å². The Bertz CT molecular complexity index is 976. The van der Waals surface area contributed by atoms with Gasteiger partial charge in [-0.05, 0) is 49.1 Å². The fourth-order valence-electron chi connectivity index (χ4n) is 3.27. The summed E-state index contributed by atoms with van der Waals surface area (Å²) in [5, 5.41) is 3.85. The molecule has 1 N–H and O–H groups in total. The molecule has 5 heteroatoms.